The van der Waals surface area contributed by atoms with Gasteiger partial charge in [0.2, 0.25) is 5.91 Å². The van der Waals surface area contributed by atoms with Crippen LogP contribution in [0.4, 0.5) is 17.1 Å². The van der Waals surface area contributed by atoms with Crippen LogP contribution in [0.15, 0.2) is 77.5 Å². The molecule has 0 unspecified atom stereocenters. The number of hydrogen-bond donors (Lipinski definition) is 2. The second kappa shape index (κ2) is 10.9. The average molecular weight is 534 g/mol. The van der Waals surface area contributed by atoms with Crippen LogP contribution in [0.1, 0.15) is 12.5 Å². The summed E-state index contributed by atoms with van der Waals surface area (Å²) in [5.41, 5.74) is 2.28. The molecule has 0 aromatic heterocycles. The van der Waals surface area contributed by atoms with E-state index in [0.717, 1.165) is 10.5 Å². The molecule has 0 bridgehead atoms. The first-order valence-corrected chi connectivity index (χ1v) is 12.4. The van der Waals surface area contributed by atoms with Gasteiger partial charge in [-0.05, 0) is 61.0 Å². The Balaban J connectivity index is 1.21. The summed E-state index contributed by atoms with van der Waals surface area (Å²) in [4.78, 5) is 39.3. The first-order chi connectivity index (χ1) is 18.4. The fourth-order valence-electron chi connectivity index (χ4n) is 4.07. The first kappa shape index (κ1) is 25.2. The van der Waals surface area contributed by atoms with Gasteiger partial charge in [0, 0.05) is 17.4 Å². The first-order valence-electron chi connectivity index (χ1n) is 12.0. The molecule has 194 valence electrons. The van der Waals surface area contributed by atoms with Gasteiger partial charge in [0.15, 0.2) is 11.5 Å². The summed E-state index contributed by atoms with van der Waals surface area (Å²) in [5, 5.41) is 5.58. The number of carbonyl (C=O) groups is 3. The Hall–Kier alpha value is -4.50. The van der Waals surface area contributed by atoms with E-state index < -0.39 is 11.8 Å². The van der Waals surface area contributed by atoms with E-state index in [2.05, 4.69) is 10.6 Å². The Morgan fingerprint density at radius 2 is 1.61 bits per heavy atom. The predicted molar refractivity (Wildman–Crippen MR) is 143 cm³/mol. The minimum Gasteiger partial charge on any atom is -0.494 e. The van der Waals surface area contributed by atoms with E-state index in [9.17, 15) is 14.4 Å². The lowest BCUT2D eigenvalue weighted by Crippen LogP contribution is -2.32. The molecule has 2 heterocycles. The van der Waals surface area contributed by atoms with E-state index in [1.54, 1.807) is 66.7 Å². The topological polar surface area (TPSA) is 106 Å². The maximum atomic E-state index is 13.0. The smallest absolute Gasteiger partial charge is 0.283 e. The van der Waals surface area contributed by atoms with Crippen molar-refractivity contribution in [1.82, 2.24) is 0 Å². The molecule has 9 nitrogen and oxygen atoms in total. The van der Waals surface area contributed by atoms with Gasteiger partial charge >= 0.3 is 0 Å². The monoisotopic (exact) mass is 533 g/mol. The number of hydrogen-bond acceptors (Lipinski definition) is 7. The van der Waals surface area contributed by atoms with E-state index >= 15 is 0 Å². The second-order valence-electron chi connectivity index (χ2n) is 8.47. The van der Waals surface area contributed by atoms with Gasteiger partial charge in [0.25, 0.3) is 11.8 Å². The van der Waals surface area contributed by atoms with Gasteiger partial charge in [-0.15, -0.1) is 0 Å². The van der Waals surface area contributed by atoms with Crippen molar-refractivity contribution in [2.75, 3.05) is 35.4 Å². The molecule has 0 aliphatic carbocycles. The van der Waals surface area contributed by atoms with Crippen LogP contribution in [0.2, 0.25) is 0 Å². The molecular weight excluding hydrogens is 510 g/mol. The van der Waals surface area contributed by atoms with Crippen LogP contribution in [0, 0.1) is 0 Å². The summed E-state index contributed by atoms with van der Waals surface area (Å²) in [5.74, 6) is 0.502. The van der Waals surface area contributed by atoms with Crippen LogP contribution in [0.3, 0.4) is 0 Å². The molecule has 3 aromatic rings. The number of carbonyl (C=O) groups excluding carboxylic acids is 3. The number of fused-ring (bicyclic) bond motifs is 1. The van der Waals surface area contributed by atoms with Gasteiger partial charge in [-0.3, -0.25) is 14.4 Å². The van der Waals surface area contributed by atoms with Crippen molar-refractivity contribution < 1.29 is 28.6 Å². The van der Waals surface area contributed by atoms with E-state index in [4.69, 9.17) is 25.8 Å². The predicted octanol–water partition coefficient (Wildman–Crippen LogP) is 4.47. The Morgan fingerprint density at radius 3 is 2.32 bits per heavy atom. The summed E-state index contributed by atoms with van der Waals surface area (Å²) in [6.45, 7) is 3.34. The highest BCUT2D eigenvalue weighted by atomic mass is 35.5. The number of ether oxygens (including phenoxy) is 3. The van der Waals surface area contributed by atoms with Crippen LogP contribution < -0.4 is 29.7 Å². The molecular formula is C28H24ClN3O6. The minimum absolute atomic E-state index is 0.0188. The lowest BCUT2D eigenvalue weighted by molar-refractivity contribution is -0.120. The standard InChI is InChI=1S/C28H24ClN3O6/c1-2-36-21-10-8-20(9-11-21)32-27(34)25(29)26(28(32)35)31-18-5-3-17(4-6-18)15-24(33)30-19-7-12-22-23(16-19)38-14-13-37-22/h3-12,16,31H,2,13-15H2,1H3,(H,30,33). The van der Waals surface area contributed by atoms with Crippen LogP contribution in [-0.2, 0) is 20.8 Å². The largest absolute Gasteiger partial charge is 0.494 e. The normalized spacial score (nSPS) is 14.5. The molecule has 0 fully saturated rings. The lowest BCUT2D eigenvalue weighted by Gasteiger charge is -2.19. The number of rotatable bonds is 8. The third-order valence-electron chi connectivity index (χ3n) is 5.85. The highest BCUT2D eigenvalue weighted by molar-refractivity contribution is 6.53. The number of amides is 3. The van der Waals surface area contributed by atoms with Crippen molar-refractivity contribution in [3.63, 3.8) is 0 Å². The zero-order valence-electron chi connectivity index (χ0n) is 20.5. The molecule has 0 atom stereocenters. The summed E-state index contributed by atoms with van der Waals surface area (Å²) in [6, 6.07) is 18.8. The fraction of sp³-hybridized carbons (Fsp3) is 0.179. The highest BCUT2D eigenvalue weighted by Gasteiger charge is 2.39. The number of anilines is 3. The molecule has 2 N–H and O–H groups in total. The van der Waals surface area contributed by atoms with E-state index in [0.29, 0.717) is 54.1 Å². The molecule has 0 saturated carbocycles. The number of nitrogens with zero attached hydrogens (tertiary/aromatic N) is 1. The molecule has 0 spiro atoms. The van der Waals surface area contributed by atoms with Gasteiger partial charge in [0.05, 0.1) is 18.7 Å². The maximum absolute atomic E-state index is 13.0. The number of imide groups is 1. The van der Waals surface area contributed by atoms with Crippen molar-refractivity contribution in [2.45, 2.75) is 13.3 Å². The quantitative estimate of drug-likeness (QED) is 0.411. The van der Waals surface area contributed by atoms with Crippen LogP contribution in [0.5, 0.6) is 17.2 Å². The molecule has 5 rings (SSSR count). The second-order valence-corrected chi connectivity index (χ2v) is 8.84. The summed E-state index contributed by atoms with van der Waals surface area (Å²) < 4.78 is 16.5. The van der Waals surface area contributed by atoms with E-state index in [1.807, 2.05) is 6.92 Å². The number of benzene rings is 3. The van der Waals surface area contributed by atoms with Crippen LogP contribution in [-0.4, -0.2) is 37.5 Å². The molecule has 3 amide bonds. The Bertz CT molecular complexity index is 1420. The fourth-order valence-corrected chi connectivity index (χ4v) is 4.28. The van der Waals surface area contributed by atoms with Gasteiger partial charge in [0.1, 0.15) is 29.7 Å². The maximum Gasteiger partial charge on any atom is 0.283 e. The van der Waals surface area contributed by atoms with Crippen molar-refractivity contribution >= 4 is 46.4 Å². The molecule has 2 aliphatic heterocycles. The third-order valence-corrected chi connectivity index (χ3v) is 6.20. The zero-order chi connectivity index (χ0) is 26.6. The summed E-state index contributed by atoms with van der Waals surface area (Å²) >= 11 is 6.23. The van der Waals surface area contributed by atoms with Gasteiger partial charge in [-0.25, -0.2) is 4.90 Å². The third kappa shape index (κ3) is 5.28. The van der Waals surface area contributed by atoms with Crippen LogP contribution in [0.25, 0.3) is 0 Å². The highest BCUT2D eigenvalue weighted by Crippen LogP contribution is 2.33. The van der Waals surface area contributed by atoms with Crippen molar-refractivity contribution in [3.8, 4) is 17.2 Å². The van der Waals surface area contributed by atoms with Crippen molar-refractivity contribution in [2.24, 2.45) is 0 Å². The minimum atomic E-state index is -0.615. The molecule has 2 aliphatic rings. The van der Waals surface area contributed by atoms with Gasteiger partial charge < -0.3 is 24.8 Å². The Kier molecular flexibility index (Phi) is 7.19. The zero-order valence-corrected chi connectivity index (χ0v) is 21.2. The van der Waals surface area contributed by atoms with Crippen molar-refractivity contribution in [1.29, 1.82) is 0 Å². The molecule has 0 radical (unpaired) electrons. The molecule has 0 saturated heterocycles. The number of halogens is 1. The summed E-state index contributed by atoms with van der Waals surface area (Å²) in [6.07, 6.45) is 0.140. The summed E-state index contributed by atoms with van der Waals surface area (Å²) in [7, 11) is 0. The van der Waals surface area contributed by atoms with Gasteiger partial charge in [-0.1, -0.05) is 23.7 Å². The molecule has 38 heavy (non-hydrogen) atoms. The van der Waals surface area contributed by atoms with E-state index in [-0.39, 0.29) is 23.1 Å². The van der Waals surface area contributed by atoms with Crippen molar-refractivity contribution in [3.05, 3.63) is 83.0 Å². The SMILES string of the molecule is CCOc1ccc(N2C(=O)C(Cl)=C(Nc3ccc(CC(=O)Nc4ccc5c(c4)OCCO5)cc3)C2=O)cc1. The molecule has 10 heteroatoms. The molecule has 3 aromatic carbocycles. The van der Waals surface area contributed by atoms with Gasteiger partial charge in [-0.2, -0.15) is 0 Å². The lowest BCUT2D eigenvalue weighted by atomic mass is 10.1. The average Bonchev–Trinajstić information content (AvgIpc) is 3.13. The van der Waals surface area contributed by atoms with Crippen LogP contribution >= 0.6 is 11.6 Å². The Labute approximate surface area is 223 Å². The Morgan fingerprint density at radius 1 is 0.921 bits per heavy atom. The van der Waals surface area contributed by atoms with E-state index in [1.165, 1.54) is 0 Å². The number of nitrogens with one attached hydrogen (secondary N) is 2.